The van der Waals surface area contributed by atoms with Gasteiger partial charge in [-0.15, -0.1) is 0 Å². The van der Waals surface area contributed by atoms with Crippen LogP contribution in [0.4, 0.5) is 11.5 Å². The molecule has 0 radical (unpaired) electrons. The number of aldehydes is 1. The molecular weight excluding hydrogens is 388 g/mol. The Labute approximate surface area is 127 Å². The molecule has 0 amide bonds. The molecule has 7 heteroatoms. The van der Waals surface area contributed by atoms with E-state index in [1.165, 1.54) is 6.33 Å². The summed E-state index contributed by atoms with van der Waals surface area (Å²) in [6, 6.07) is 5.35. The average Bonchev–Trinajstić information content (AvgIpc) is 2.33. The van der Waals surface area contributed by atoms with Crippen molar-refractivity contribution in [3.8, 4) is 0 Å². The first-order valence-corrected chi connectivity index (χ1v) is 6.63. The predicted octanol–water partition coefficient (Wildman–Crippen LogP) is 3.94. The summed E-state index contributed by atoms with van der Waals surface area (Å²) in [4.78, 5) is 18.7. The third-order valence-corrected chi connectivity index (χ3v) is 3.57. The number of rotatable bonds is 3. The standard InChI is InChI=1S/C11H6Cl2IN3O/c12-6-1-2-9(8(14)3-6)17-11-7(4-18)10(13)15-5-16-11/h1-5H,(H,15,16,17). The molecule has 1 aromatic carbocycles. The first-order valence-electron chi connectivity index (χ1n) is 4.79. The zero-order valence-corrected chi connectivity index (χ0v) is 12.5. The van der Waals surface area contributed by atoms with E-state index in [9.17, 15) is 4.79 Å². The largest absolute Gasteiger partial charge is 0.339 e. The molecule has 0 atom stereocenters. The van der Waals surface area contributed by atoms with Crippen molar-refractivity contribution in [1.82, 2.24) is 9.97 Å². The van der Waals surface area contributed by atoms with Crippen LogP contribution in [0.25, 0.3) is 0 Å². The Balaban J connectivity index is 2.40. The minimum atomic E-state index is 0.117. The summed E-state index contributed by atoms with van der Waals surface area (Å²) in [6.45, 7) is 0. The summed E-state index contributed by atoms with van der Waals surface area (Å²) in [5, 5.41) is 3.78. The van der Waals surface area contributed by atoms with Crippen molar-refractivity contribution >= 4 is 63.6 Å². The molecule has 0 aliphatic rings. The third-order valence-electron chi connectivity index (χ3n) is 2.14. The van der Waals surface area contributed by atoms with Crippen LogP contribution in [0, 0.1) is 3.57 Å². The Morgan fingerprint density at radius 1 is 1.28 bits per heavy atom. The molecule has 2 aromatic rings. The van der Waals surface area contributed by atoms with Crippen LogP contribution in [0.15, 0.2) is 24.5 Å². The monoisotopic (exact) mass is 393 g/mol. The van der Waals surface area contributed by atoms with E-state index in [0.717, 1.165) is 9.26 Å². The zero-order valence-electron chi connectivity index (χ0n) is 8.82. The Morgan fingerprint density at radius 3 is 2.72 bits per heavy atom. The van der Waals surface area contributed by atoms with Crippen molar-refractivity contribution in [2.45, 2.75) is 0 Å². The van der Waals surface area contributed by atoms with Crippen molar-refractivity contribution in [2.75, 3.05) is 5.32 Å². The van der Waals surface area contributed by atoms with Crippen LogP contribution in [0.2, 0.25) is 10.2 Å². The van der Waals surface area contributed by atoms with Gasteiger partial charge < -0.3 is 5.32 Å². The van der Waals surface area contributed by atoms with Crippen LogP contribution in [-0.4, -0.2) is 16.3 Å². The molecule has 92 valence electrons. The van der Waals surface area contributed by atoms with Crippen molar-refractivity contribution < 1.29 is 4.79 Å². The Hall–Kier alpha value is -0.920. The van der Waals surface area contributed by atoms with E-state index in [-0.39, 0.29) is 10.7 Å². The molecule has 0 aliphatic carbocycles. The van der Waals surface area contributed by atoms with Gasteiger partial charge >= 0.3 is 0 Å². The minimum Gasteiger partial charge on any atom is -0.339 e. The number of benzene rings is 1. The van der Waals surface area contributed by atoms with Gasteiger partial charge in [0.05, 0.1) is 11.3 Å². The van der Waals surface area contributed by atoms with E-state index in [1.54, 1.807) is 18.2 Å². The molecule has 1 heterocycles. The van der Waals surface area contributed by atoms with Gasteiger partial charge in [0.25, 0.3) is 0 Å². The van der Waals surface area contributed by atoms with Gasteiger partial charge in [-0.2, -0.15) is 0 Å². The fourth-order valence-electron chi connectivity index (χ4n) is 1.30. The van der Waals surface area contributed by atoms with Gasteiger partial charge in [-0.05, 0) is 40.8 Å². The molecule has 2 rings (SSSR count). The lowest BCUT2D eigenvalue weighted by atomic mass is 10.3. The van der Waals surface area contributed by atoms with Crippen molar-refractivity contribution in [3.63, 3.8) is 0 Å². The highest BCUT2D eigenvalue weighted by atomic mass is 127. The molecule has 0 bridgehead atoms. The van der Waals surface area contributed by atoms with Crippen molar-refractivity contribution in [3.05, 3.63) is 43.8 Å². The minimum absolute atomic E-state index is 0.117. The highest BCUT2D eigenvalue weighted by Crippen LogP contribution is 2.27. The second-order valence-corrected chi connectivity index (χ2v) is 5.25. The van der Waals surface area contributed by atoms with Gasteiger partial charge in [-0.3, -0.25) is 4.79 Å². The first-order chi connectivity index (χ1) is 8.61. The van der Waals surface area contributed by atoms with Crippen LogP contribution < -0.4 is 5.32 Å². The van der Waals surface area contributed by atoms with Gasteiger partial charge in [0, 0.05) is 8.59 Å². The molecule has 0 aliphatic heterocycles. The summed E-state index contributed by atoms with van der Waals surface area (Å²) in [5.74, 6) is 0.366. The van der Waals surface area contributed by atoms with E-state index in [4.69, 9.17) is 23.2 Å². The molecular formula is C11H6Cl2IN3O. The molecule has 18 heavy (non-hydrogen) atoms. The lowest BCUT2D eigenvalue weighted by molar-refractivity contribution is 0.112. The van der Waals surface area contributed by atoms with E-state index >= 15 is 0 Å². The number of nitrogens with one attached hydrogen (secondary N) is 1. The van der Waals surface area contributed by atoms with Crippen LogP contribution >= 0.6 is 45.8 Å². The second kappa shape index (κ2) is 5.81. The molecule has 0 spiro atoms. The SMILES string of the molecule is O=Cc1c(Cl)ncnc1Nc1ccc(Cl)cc1I. The first kappa shape index (κ1) is 13.5. The van der Waals surface area contributed by atoms with Gasteiger partial charge in [0.2, 0.25) is 0 Å². The summed E-state index contributed by atoms with van der Waals surface area (Å²) in [7, 11) is 0. The Bertz CT molecular complexity index is 607. The highest BCUT2D eigenvalue weighted by molar-refractivity contribution is 14.1. The molecule has 4 nitrogen and oxygen atoms in total. The maximum atomic E-state index is 10.9. The Morgan fingerprint density at radius 2 is 2.06 bits per heavy atom. The van der Waals surface area contributed by atoms with E-state index in [0.29, 0.717) is 17.1 Å². The molecule has 0 saturated heterocycles. The molecule has 0 saturated carbocycles. The molecule has 1 aromatic heterocycles. The zero-order chi connectivity index (χ0) is 13.1. The maximum absolute atomic E-state index is 10.9. The van der Waals surface area contributed by atoms with Crippen LogP contribution in [0.3, 0.4) is 0 Å². The smallest absolute Gasteiger partial charge is 0.156 e. The number of nitrogens with zero attached hydrogens (tertiary/aromatic N) is 2. The lowest BCUT2D eigenvalue weighted by Crippen LogP contribution is -2.01. The van der Waals surface area contributed by atoms with E-state index in [1.807, 2.05) is 0 Å². The fraction of sp³-hybridized carbons (Fsp3) is 0. The quantitative estimate of drug-likeness (QED) is 0.487. The molecule has 1 N–H and O–H groups in total. The topological polar surface area (TPSA) is 54.9 Å². The number of hydrogen-bond acceptors (Lipinski definition) is 4. The average molecular weight is 394 g/mol. The number of anilines is 2. The lowest BCUT2D eigenvalue weighted by Gasteiger charge is -2.10. The highest BCUT2D eigenvalue weighted by Gasteiger charge is 2.10. The van der Waals surface area contributed by atoms with Gasteiger partial charge in [-0.25, -0.2) is 9.97 Å². The predicted molar refractivity (Wildman–Crippen MR) is 79.9 cm³/mol. The van der Waals surface area contributed by atoms with E-state index in [2.05, 4.69) is 37.9 Å². The van der Waals surface area contributed by atoms with Gasteiger partial charge in [0.15, 0.2) is 6.29 Å². The van der Waals surface area contributed by atoms with Crippen molar-refractivity contribution in [2.24, 2.45) is 0 Å². The summed E-state index contributed by atoms with van der Waals surface area (Å²) < 4.78 is 0.909. The molecule has 0 fully saturated rings. The number of hydrogen-bond donors (Lipinski definition) is 1. The van der Waals surface area contributed by atoms with Crippen molar-refractivity contribution in [1.29, 1.82) is 0 Å². The summed E-state index contributed by atoms with van der Waals surface area (Å²) in [5.41, 5.74) is 1.02. The normalized spacial score (nSPS) is 10.2. The fourth-order valence-corrected chi connectivity index (χ4v) is 2.48. The van der Waals surface area contributed by atoms with Gasteiger partial charge in [-0.1, -0.05) is 23.2 Å². The van der Waals surface area contributed by atoms with Gasteiger partial charge in [0.1, 0.15) is 17.3 Å². The van der Waals surface area contributed by atoms with Crippen LogP contribution in [0.5, 0.6) is 0 Å². The number of halogens is 3. The number of aromatic nitrogens is 2. The third kappa shape index (κ3) is 2.90. The summed E-state index contributed by atoms with van der Waals surface area (Å²) >= 11 is 13.8. The number of carbonyl (C=O) groups excluding carboxylic acids is 1. The molecule has 0 unspecified atom stereocenters. The number of carbonyl (C=O) groups is 1. The van der Waals surface area contributed by atoms with Crippen LogP contribution in [0.1, 0.15) is 10.4 Å². The summed E-state index contributed by atoms with van der Waals surface area (Å²) in [6.07, 6.45) is 1.91. The Kier molecular flexibility index (Phi) is 4.36. The van der Waals surface area contributed by atoms with Crippen LogP contribution in [-0.2, 0) is 0 Å². The van der Waals surface area contributed by atoms with E-state index < -0.39 is 0 Å². The maximum Gasteiger partial charge on any atom is 0.156 e. The second-order valence-electron chi connectivity index (χ2n) is 3.29.